The lowest BCUT2D eigenvalue weighted by atomic mass is 9.88. The van der Waals surface area contributed by atoms with Crippen molar-refractivity contribution in [3.63, 3.8) is 0 Å². The van der Waals surface area contributed by atoms with Crippen molar-refractivity contribution in [2.45, 2.75) is 46.5 Å². The van der Waals surface area contributed by atoms with Gasteiger partial charge in [0.1, 0.15) is 5.82 Å². The molecule has 0 aliphatic carbocycles. The Labute approximate surface area is 103 Å². The molecule has 0 fully saturated rings. The lowest BCUT2D eigenvalue weighted by molar-refractivity contribution is 0.0904. The van der Waals surface area contributed by atoms with E-state index in [9.17, 15) is 9.18 Å². The number of benzene rings is 1. The maximum atomic E-state index is 13.2. The summed E-state index contributed by atoms with van der Waals surface area (Å²) in [6, 6.07) is 4.45. The van der Waals surface area contributed by atoms with Gasteiger partial charge in [0.15, 0.2) is 5.78 Å². The zero-order valence-electron chi connectivity index (χ0n) is 10.9. The molecule has 0 radical (unpaired) electrons. The SMILES string of the molecule is CCCC(CCC)C(=O)c1cc(F)ccc1C. The van der Waals surface area contributed by atoms with Gasteiger partial charge in [-0.3, -0.25) is 4.79 Å². The van der Waals surface area contributed by atoms with E-state index in [0.717, 1.165) is 31.2 Å². The first kappa shape index (κ1) is 13.9. The van der Waals surface area contributed by atoms with E-state index in [-0.39, 0.29) is 17.5 Å². The van der Waals surface area contributed by atoms with Crippen molar-refractivity contribution < 1.29 is 9.18 Å². The molecule has 1 aromatic carbocycles. The molecule has 0 unspecified atom stereocenters. The number of halogens is 1. The molecule has 2 heteroatoms. The Hall–Kier alpha value is -1.18. The van der Waals surface area contributed by atoms with Crippen LogP contribution in [0.15, 0.2) is 18.2 Å². The second kappa shape index (κ2) is 6.53. The minimum atomic E-state index is -0.328. The van der Waals surface area contributed by atoms with Crippen LogP contribution in [-0.4, -0.2) is 5.78 Å². The van der Waals surface area contributed by atoms with E-state index in [1.54, 1.807) is 6.07 Å². The van der Waals surface area contributed by atoms with Crippen LogP contribution in [0.25, 0.3) is 0 Å². The summed E-state index contributed by atoms with van der Waals surface area (Å²) in [4.78, 5) is 12.3. The average Bonchev–Trinajstić information content (AvgIpc) is 2.31. The molecule has 0 aliphatic heterocycles. The Balaban J connectivity index is 2.95. The van der Waals surface area contributed by atoms with Crippen LogP contribution in [0.3, 0.4) is 0 Å². The fraction of sp³-hybridized carbons (Fsp3) is 0.533. The predicted molar refractivity (Wildman–Crippen MR) is 68.8 cm³/mol. The van der Waals surface area contributed by atoms with E-state index >= 15 is 0 Å². The molecule has 0 saturated heterocycles. The van der Waals surface area contributed by atoms with Gasteiger partial charge in [0.2, 0.25) is 0 Å². The van der Waals surface area contributed by atoms with Crippen molar-refractivity contribution >= 4 is 5.78 Å². The highest BCUT2D eigenvalue weighted by Crippen LogP contribution is 2.22. The lowest BCUT2D eigenvalue weighted by Crippen LogP contribution is -2.16. The molecule has 94 valence electrons. The average molecular weight is 236 g/mol. The van der Waals surface area contributed by atoms with E-state index < -0.39 is 0 Å². The molecule has 0 aliphatic rings. The molecule has 0 amide bonds. The molecule has 0 N–H and O–H groups in total. The summed E-state index contributed by atoms with van der Waals surface area (Å²) in [5, 5.41) is 0. The first-order valence-electron chi connectivity index (χ1n) is 6.40. The maximum Gasteiger partial charge on any atom is 0.166 e. The maximum absolute atomic E-state index is 13.2. The molecule has 0 bridgehead atoms. The highest BCUT2D eigenvalue weighted by Gasteiger charge is 2.20. The zero-order chi connectivity index (χ0) is 12.8. The van der Waals surface area contributed by atoms with Crippen LogP contribution >= 0.6 is 0 Å². The van der Waals surface area contributed by atoms with Gasteiger partial charge in [-0.05, 0) is 37.5 Å². The Morgan fingerprint density at radius 1 is 1.24 bits per heavy atom. The van der Waals surface area contributed by atoms with E-state index in [4.69, 9.17) is 0 Å². The third-order valence-electron chi connectivity index (χ3n) is 3.11. The summed E-state index contributed by atoms with van der Waals surface area (Å²) in [5.74, 6) is -0.179. The van der Waals surface area contributed by atoms with Crippen LogP contribution in [0.2, 0.25) is 0 Å². The first-order chi connectivity index (χ1) is 8.10. The normalized spacial score (nSPS) is 10.9. The minimum Gasteiger partial charge on any atom is -0.294 e. The standard InChI is InChI=1S/C15H21FO/c1-4-6-12(7-5-2)15(17)14-10-13(16)9-8-11(14)3/h8-10,12H,4-7H2,1-3H3. The summed E-state index contributed by atoms with van der Waals surface area (Å²) < 4.78 is 13.2. The van der Waals surface area contributed by atoms with Crippen LogP contribution < -0.4 is 0 Å². The zero-order valence-corrected chi connectivity index (χ0v) is 10.9. The van der Waals surface area contributed by atoms with Crippen LogP contribution in [0.5, 0.6) is 0 Å². The molecule has 17 heavy (non-hydrogen) atoms. The Morgan fingerprint density at radius 2 is 1.82 bits per heavy atom. The lowest BCUT2D eigenvalue weighted by Gasteiger charge is -2.15. The van der Waals surface area contributed by atoms with Crippen molar-refractivity contribution in [2.24, 2.45) is 5.92 Å². The number of Topliss-reactive ketones (excluding diaryl/α,β-unsaturated/α-hetero) is 1. The van der Waals surface area contributed by atoms with E-state index in [1.807, 2.05) is 6.92 Å². The van der Waals surface area contributed by atoms with Gasteiger partial charge in [0.25, 0.3) is 0 Å². The van der Waals surface area contributed by atoms with Gasteiger partial charge in [0, 0.05) is 11.5 Å². The molecule has 0 atom stereocenters. The second-order valence-corrected chi connectivity index (χ2v) is 4.60. The summed E-state index contributed by atoms with van der Waals surface area (Å²) >= 11 is 0. The van der Waals surface area contributed by atoms with Crippen LogP contribution in [0, 0.1) is 18.7 Å². The van der Waals surface area contributed by atoms with Gasteiger partial charge in [-0.2, -0.15) is 0 Å². The molecular formula is C15H21FO. The number of rotatable bonds is 6. The summed E-state index contributed by atoms with van der Waals surface area (Å²) in [5.41, 5.74) is 1.42. The summed E-state index contributed by atoms with van der Waals surface area (Å²) in [7, 11) is 0. The van der Waals surface area contributed by atoms with Crippen molar-refractivity contribution in [1.82, 2.24) is 0 Å². The summed E-state index contributed by atoms with van der Waals surface area (Å²) in [6.45, 7) is 6.02. The number of ketones is 1. The van der Waals surface area contributed by atoms with Gasteiger partial charge in [-0.1, -0.05) is 32.8 Å². The largest absolute Gasteiger partial charge is 0.294 e. The third-order valence-corrected chi connectivity index (χ3v) is 3.11. The van der Waals surface area contributed by atoms with Gasteiger partial charge in [0.05, 0.1) is 0 Å². The van der Waals surface area contributed by atoms with E-state index in [1.165, 1.54) is 12.1 Å². The minimum absolute atomic E-state index is 0.0468. The van der Waals surface area contributed by atoms with Gasteiger partial charge in [-0.25, -0.2) is 4.39 Å². The topological polar surface area (TPSA) is 17.1 Å². The monoisotopic (exact) mass is 236 g/mol. The smallest absolute Gasteiger partial charge is 0.166 e. The molecule has 0 spiro atoms. The second-order valence-electron chi connectivity index (χ2n) is 4.60. The van der Waals surface area contributed by atoms with Crippen LogP contribution in [0.4, 0.5) is 4.39 Å². The van der Waals surface area contributed by atoms with E-state index in [0.29, 0.717) is 5.56 Å². The Bertz CT molecular complexity index is 379. The molecule has 1 nitrogen and oxygen atoms in total. The quantitative estimate of drug-likeness (QED) is 0.663. The molecule has 0 saturated carbocycles. The predicted octanol–water partition coefficient (Wildman–Crippen LogP) is 4.53. The Kier molecular flexibility index (Phi) is 5.33. The van der Waals surface area contributed by atoms with Gasteiger partial charge >= 0.3 is 0 Å². The Morgan fingerprint density at radius 3 is 2.35 bits per heavy atom. The molecular weight excluding hydrogens is 215 g/mol. The molecule has 1 aromatic rings. The van der Waals surface area contributed by atoms with Gasteiger partial charge in [-0.15, -0.1) is 0 Å². The fourth-order valence-corrected chi connectivity index (χ4v) is 2.18. The van der Waals surface area contributed by atoms with E-state index in [2.05, 4.69) is 13.8 Å². The van der Waals surface area contributed by atoms with Crippen LogP contribution in [0.1, 0.15) is 55.5 Å². The molecule has 0 heterocycles. The number of carbonyl (C=O) groups is 1. The van der Waals surface area contributed by atoms with Crippen LogP contribution in [-0.2, 0) is 0 Å². The molecule has 0 aromatic heterocycles. The first-order valence-corrected chi connectivity index (χ1v) is 6.40. The highest BCUT2D eigenvalue weighted by atomic mass is 19.1. The van der Waals surface area contributed by atoms with Crippen molar-refractivity contribution in [2.75, 3.05) is 0 Å². The number of hydrogen-bond acceptors (Lipinski definition) is 1. The third kappa shape index (κ3) is 3.65. The number of hydrogen-bond donors (Lipinski definition) is 0. The number of carbonyl (C=O) groups excluding carboxylic acids is 1. The van der Waals surface area contributed by atoms with Gasteiger partial charge < -0.3 is 0 Å². The number of aryl methyl sites for hydroxylation is 1. The van der Waals surface area contributed by atoms with Crippen molar-refractivity contribution in [3.05, 3.63) is 35.1 Å². The van der Waals surface area contributed by atoms with Crippen molar-refractivity contribution in [1.29, 1.82) is 0 Å². The fourth-order valence-electron chi connectivity index (χ4n) is 2.18. The molecule has 1 rings (SSSR count). The van der Waals surface area contributed by atoms with Crippen molar-refractivity contribution in [3.8, 4) is 0 Å². The highest BCUT2D eigenvalue weighted by molar-refractivity contribution is 5.99. The summed E-state index contributed by atoms with van der Waals surface area (Å²) in [6.07, 6.45) is 3.76.